The lowest BCUT2D eigenvalue weighted by atomic mass is 10.0. The molecule has 0 aliphatic heterocycles. The number of esters is 1. The Morgan fingerprint density at radius 3 is 2.81 bits per heavy atom. The quantitative estimate of drug-likeness (QED) is 0.723. The van der Waals surface area contributed by atoms with Gasteiger partial charge < -0.3 is 4.74 Å². The average Bonchev–Trinajstić information content (AvgIpc) is 3.11. The van der Waals surface area contributed by atoms with Crippen molar-refractivity contribution >= 4 is 12.0 Å². The minimum atomic E-state index is -0.277. The van der Waals surface area contributed by atoms with E-state index < -0.39 is 0 Å². The van der Waals surface area contributed by atoms with Crippen molar-refractivity contribution in [2.75, 3.05) is 7.11 Å². The van der Waals surface area contributed by atoms with Crippen molar-refractivity contribution in [2.24, 2.45) is 5.92 Å². The van der Waals surface area contributed by atoms with Crippen LogP contribution in [-0.2, 0) is 11.2 Å². The van der Waals surface area contributed by atoms with Gasteiger partial charge in [0.05, 0.1) is 12.7 Å². The van der Waals surface area contributed by atoms with E-state index in [1.54, 1.807) is 6.08 Å². The molecule has 0 heterocycles. The first kappa shape index (κ1) is 10.9. The van der Waals surface area contributed by atoms with Gasteiger partial charge >= 0.3 is 5.97 Å². The van der Waals surface area contributed by atoms with Crippen LogP contribution in [0, 0.1) is 5.92 Å². The highest BCUT2D eigenvalue weighted by Gasteiger charge is 2.22. The van der Waals surface area contributed by atoms with Gasteiger partial charge in [-0.1, -0.05) is 18.7 Å². The smallest absolute Gasteiger partial charge is 0.337 e. The van der Waals surface area contributed by atoms with E-state index in [2.05, 4.69) is 12.6 Å². The minimum Gasteiger partial charge on any atom is -0.465 e. The molecule has 1 aromatic rings. The molecule has 16 heavy (non-hydrogen) atoms. The van der Waals surface area contributed by atoms with E-state index in [1.165, 1.54) is 25.5 Å². The first-order chi connectivity index (χ1) is 7.72. The van der Waals surface area contributed by atoms with Crippen LogP contribution in [0.2, 0.25) is 0 Å². The van der Waals surface area contributed by atoms with Crippen LogP contribution in [0.25, 0.3) is 6.08 Å². The van der Waals surface area contributed by atoms with Gasteiger partial charge in [-0.05, 0) is 48.4 Å². The molecule has 0 amide bonds. The lowest BCUT2D eigenvalue weighted by molar-refractivity contribution is 0.0600. The third-order valence-electron chi connectivity index (χ3n) is 2.89. The Hall–Kier alpha value is -1.57. The molecule has 2 heteroatoms. The predicted molar refractivity (Wildman–Crippen MR) is 64.3 cm³/mol. The van der Waals surface area contributed by atoms with Crippen LogP contribution in [-0.4, -0.2) is 13.1 Å². The van der Waals surface area contributed by atoms with Gasteiger partial charge in [0, 0.05) is 0 Å². The molecular formula is C14H16O2. The maximum absolute atomic E-state index is 11.5. The Balaban J connectivity index is 2.28. The summed E-state index contributed by atoms with van der Waals surface area (Å²) in [5, 5.41) is 0. The summed E-state index contributed by atoms with van der Waals surface area (Å²) in [4.78, 5) is 11.5. The van der Waals surface area contributed by atoms with Crippen LogP contribution in [0.5, 0.6) is 0 Å². The third-order valence-corrected chi connectivity index (χ3v) is 2.89. The van der Waals surface area contributed by atoms with Crippen molar-refractivity contribution < 1.29 is 9.53 Å². The second-order valence-electron chi connectivity index (χ2n) is 4.31. The fraction of sp³-hybridized carbons (Fsp3) is 0.357. The predicted octanol–water partition coefficient (Wildman–Crippen LogP) is 3.07. The second-order valence-corrected chi connectivity index (χ2v) is 4.31. The van der Waals surface area contributed by atoms with Crippen LogP contribution in [0.15, 0.2) is 24.8 Å². The topological polar surface area (TPSA) is 26.3 Å². The molecule has 0 aromatic heterocycles. The Morgan fingerprint density at radius 2 is 2.25 bits per heavy atom. The number of benzene rings is 1. The fourth-order valence-electron chi connectivity index (χ4n) is 1.85. The summed E-state index contributed by atoms with van der Waals surface area (Å²) in [5.41, 5.74) is 2.81. The highest BCUT2D eigenvalue weighted by molar-refractivity contribution is 5.90. The maximum Gasteiger partial charge on any atom is 0.337 e. The molecule has 1 saturated carbocycles. The van der Waals surface area contributed by atoms with Crippen molar-refractivity contribution in [1.82, 2.24) is 0 Å². The molecular weight excluding hydrogens is 200 g/mol. The Kier molecular flexibility index (Phi) is 3.09. The highest BCUT2D eigenvalue weighted by atomic mass is 16.5. The van der Waals surface area contributed by atoms with E-state index >= 15 is 0 Å². The molecule has 0 saturated heterocycles. The number of hydrogen-bond donors (Lipinski definition) is 0. The lowest BCUT2D eigenvalue weighted by Gasteiger charge is -2.06. The van der Waals surface area contributed by atoms with E-state index in [1.807, 2.05) is 12.1 Å². The lowest BCUT2D eigenvalue weighted by Crippen LogP contribution is -2.03. The summed E-state index contributed by atoms with van der Waals surface area (Å²) < 4.78 is 4.74. The summed E-state index contributed by atoms with van der Waals surface area (Å²) in [7, 11) is 1.41. The van der Waals surface area contributed by atoms with Gasteiger partial charge in [-0.15, -0.1) is 0 Å². The average molecular weight is 216 g/mol. The van der Waals surface area contributed by atoms with E-state index in [-0.39, 0.29) is 5.97 Å². The third kappa shape index (κ3) is 2.51. The van der Waals surface area contributed by atoms with Crippen LogP contribution in [0.1, 0.15) is 34.3 Å². The van der Waals surface area contributed by atoms with Gasteiger partial charge in [0.25, 0.3) is 0 Å². The number of methoxy groups -OCH3 is 1. The summed E-state index contributed by atoms with van der Waals surface area (Å²) >= 11 is 0. The molecule has 0 atom stereocenters. The first-order valence-corrected chi connectivity index (χ1v) is 5.57. The van der Waals surface area contributed by atoms with Crippen LogP contribution in [0.4, 0.5) is 0 Å². The number of carbonyl (C=O) groups excluding carboxylic acids is 1. The summed E-state index contributed by atoms with van der Waals surface area (Å²) in [6.07, 6.45) is 5.45. The molecule has 1 aromatic carbocycles. The summed E-state index contributed by atoms with van der Waals surface area (Å²) in [6.45, 7) is 3.74. The molecule has 0 unspecified atom stereocenters. The molecule has 84 valence electrons. The largest absolute Gasteiger partial charge is 0.465 e. The molecule has 2 rings (SSSR count). The molecule has 0 bridgehead atoms. The van der Waals surface area contributed by atoms with Gasteiger partial charge in [-0.2, -0.15) is 0 Å². The summed E-state index contributed by atoms with van der Waals surface area (Å²) in [6, 6.07) is 5.84. The first-order valence-electron chi connectivity index (χ1n) is 5.57. The highest BCUT2D eigenvalue weighted by Crippen LogP contribution is 2.33. The van der Waals surface area contributed by atoms with Gasteiger partial charge in [0.15, 0.2) is 0 Å². The van der Waals surface area contributed by atoms with Crippen molar-refractivity contribution in [3.63, 3.8) is 0 Å². The van der Waals surface area contributed by atoms with Crippen molar-refractivity contribution in [3.8, 4) is 0 Å². The van der Waals surface area contributed by atoms with E-state index in [9.17, 15) is 4.79 Å². The van der Waals surface area contributed by atoms with Crippen LogP contribution >= 0.6 is 0 Å². The van der Waals surface area contributed by atoms with Crippen molar-refractivity contribution in [3.05, 3.63) is 41.5 Å². The normalized spacial score (nSPS) is 14.6. The number of ether oxygens (including phenoxy) is 1. The molecule has 2 nitrogen and oxygen atoms in total. The zero-order valence-corrected chi connectivity index (χ0v) is 9.53. The molecule has 1 aliphatic rings. The molecule has 0 spiro atoms. The zero-order valence-electron chi connectivity index (χ0n) is 9.53. The van der Waals surface area contributed by atoms with Crippen molar-refractivity contribution in [1.29, 1.82) is 0 Å². The zero-order chi connectivity index (χ0) is 11.5. The monoisotopic (exact) mass is 216 g/mol. The second kappa shape index (κ2) is 4.52. The van der Waals surface area contributed by atoms with Crippen LogP contribution < -0.4 is 0 Å². The van der Waals surface area contributed by atoms with E-state index in [4.69, 9.17) is 4.74 Å². The number of hydrogen-bond acceptors (Lipinski definition) is 2. The van der Waals surface area contributed by atoms with Crippen LogP contribution in [0.3, 0.4) is 0 Å². The maximum atomic E-state index is 11.5. The molecule has 0 radical (unpaired) electrons. The fourth-order valence-corrected chi connectivity index (χ4v) is 1.85. The standard InChI is InChI=1S/C14H16O2/c1-3-10-6-12(7-11-4-5-11)9-13(8-10)14(15)16-2/h3,6,8-9,11H,1,4-5,7H2,2H3. The molecule has 1 fully saturated rings. The van der Waals surface area contributed by atoms with E-state index in [0.29, 0.717) is 5.56 Å². The van der Waals surface area contributed by atoms with Gasteiger partial charge in [0.2, 0.25) is 0 Å². The number of rotatable bonds is 4. The Bertz CT molecular complexity index is 417. The van der Waals surface area contributed by atoms with E-state index in [0.717, 1.165) is 17.9 Å². The van der Waals surface area contributed by atoms with Gasteiger partial charge in [-0.25, -0.2) is 4.79 Å². The van der Waals surface area contributed by atoms with Crippen molar-refractivity contribution in [2.45, 2.75) is 19.3 Å². The molecule has 1 aliphatic carbocycles. The molecule has 0 N–H and O–H groups in total. The SMILES string of the molecule is C=Cc1cc(CC2CC2)cc(C(=O)OC)c1. The number of carbonyl (C=O) groups is 1. The Morgan fingerprint density at radius 1 is 1.50 bits per heavy atom. The Labute approximate surface area is 95.9 Å². The summed E-state index contributed by atoms with van der Waals surface area (Å²) in [5.74, 6) is 0.534. The minimum absolute atomic E-state index is 0.277. The van der Waals surface area contributed by atoms with Gasteiger partial charge in [0.1, 0.15) is 0 Å². The van der Waals surface area contributed by atoms with Gasteiger partial charge in [-0.3, -0.25) is 0 Å².